The lowest BCUT2D eigenvalue weighted by Gasteiger charge is -2.32. The molecule has 3 N–H and O–H groups in total. The first-order valence-electron chi connectivity index (χ1n) is 13.6. The van der Waals surface area contributed by atoms with Gasteiger partial charge in [0.2, 0.25) is 0 Å². The molecule has 1 heterocycles. The van der Waals surface area contributed by atoms with Crippen LogP contribution >= 0.6 is 11.8 Å². The molecule has 0 spiro atoms. The summed E-state index contributed by atoms with van der Waals surface area (Å²) in [6.45, 7) is 0.587. The van der Waals surface area contributed by atoms with Gasteiger partial charge in [0, 0.05) is 24.3 Å². The number of benzene rings is 3. The highest BCUT2D eigenvalue weighted by molar-refractivity contribution is 8.03. The van der Waals surface area contributed by atoms with Gasteiger partial charge in [-0.1, -0.05) is 30.0 Å². The van der Waals surface area contributed by atoms with Crippen LogP contribution < -0.4 is 20.3 Å². The molecule has 11 heteroatoms. The fourth-order valence-electron chi connectivity index (χ4n) is 5.02. The number of carboxylic acid groups (broad SMARTS) is 1. The summed E-state index contributed by atoms with van der Waals surface area (Å²) in [6, 6.07) is 19.5. The number of carbonyl (C=O) groups is 2. The minimum Gasteiger partial charge on any atom is -0.481 e. The molecule has 0 aromatic heterocycles. The summed E-state index contributed by atoms with van der Waals surface area (Å²) in [7, 11) is 0. The van der Waals surface area contributed by atoms with Crippen molar-refractivity contribution in [2.75, 3.05) is 11.4 Å². The Hall–Kier alpha value is -4.12. The second-order valence-electron chi connectivity index (χ2n) is 10.1. The van der Waals surface area contributed by atoms with Gasteiger partial charge in [-0.15, -0.1) is 13.2 Å². The number of thioether (sulfide) groups is 1. The third kappa shape index (κ3) is 7.58. The van der Waals surface area contributed by atoms with E-state index >= 15 is 0 Å². The van der Waals surface area contributed by atoms with Crippen molar-refractivity contribution in [3.8, 4) is 5.75 Å². The van der Waals surface area contributed by atoms with Crippen LogP contribution in [0.2, 0.25) is 0 Å². The molecular weight excluding hydrogens is 567 g/mol. The minimum atomic E-state index is -4.74. The highest BCUT2D eigenvalue weighted by Crippen LogP contribution is 2.36. The van der Waals surface area contributed by atoms with E-state index in [2.05, 4.69) is 38.5 Å². The number of anilines is 1. The van der Waals surface area contributed by atoms with Crippen LogP contribution in [0.25, 0.3) is 5.70 Å². The smallest absolute Gasteiger partial charge is 0.481 e. The average molecular weight is 598 g/mol. The van der Waals surface area contributed by atoms with Crippen molar-refractivity contribution in [1.29, 1.82) is 0 Å². The second kappa shape index (κ2) is 12.8. The van der Waals surface area contributed by atoms with E-state index in [4.69, 9.17) is 5.11 Å². The Bertz CT molecular complexity index is 1460. The van der Waals surface area contributed by atoms with Gasteiger partial charge in [0.15, 0.2) is 5.50 Å². The van der Waals surface area contributed by atoms with E-state index < -0.39 is 12.3 Å². The number of amides is 1. The molecule has 7 nitrogen and oxygen atoms in total. The quantitative estimate of drug-likeness (QED) is 0.253. The van der Waals surface area contributed by atoms with Crippen LogP contribution in [-0.2, 0) is 24.2 Å². The molecule has 1 aliphatic carbocycles. The molecule has 2 aliphatic rings. The molecule has 1 atom stereocenters. The van der Waals surface area contributed by atoms with Crippen molar-refractivity contribution in [2.45, 2.75) is 50.5 Å². The van der Waals surface area contributed by atoms with Crippen molar-refractivity contribution >= 4 is 35.0 Å². The fraction of sp³-hybridized carbons (Fsp3) is 0.290. The van der Waals surface area contributed by atoms with Crippen molar-refractivity contribution in [1.82, 2.24) is 10.6 Å². The Kier molecular flexibility index (Phi) is 8.96. The zero-order valence-electron chi connectivity index (χ0n) is 22.6. The number of alkyl halides is 3. The van der Waals surface area contributed by atoms with Crippen LogP contribution in [-0.4, -0.2) is 35.4 Å². The lowest BCUT2D eigenvalue weighted by molar-refractivity contribution is -0.274. The van der Waals surface area contributed by atoms with Crippen LogP contribution in [0.15, 0.2) is 72.1 Å². The van der Waals surface area contributed by atoms with E-state index in [-0.39, 0.29) is 30.1 Å². The molecule has 0 saturated carbocycles. The SMILES string of the molecule is O=C(O)CCNC(=O)c1ccc(CN(c2ccc3c(c2)CCCC3)C2NC(c3ccc(OC(F)(F)F)cc3)=CS2)cc1. The molecule has 0 saturated heterocycles. The van der Waals surface area contributed by atoms with Gasteiger partial charge in [-0.05, 0) is 102 Å². The average Bonchev–Trinajstić information content (AvgIpc) is 3.45. The van der Waals surface area contributed by atoms with Crippen LogP contribution in [0.3, 0.4) is 0 Å². The number of hydrogen-bond acceptors (Lipinski definition) is 6. The van der Waals surface area contributed by atoms with Gasteiger partial charge in [0.1, 0.15) is 5.75 Å². The Balaban J connectivity index is 1.33. The van der Waals surface area contributed by atoms with E-state index in [0.29, 0.717) is 12.1 Å². The molecule has 1 unspecified atom stereocenters. The molecule has 3 aromatic carbocycles. The summed E-state index contributed by atoms with van der Waals surface area (Å²) in [4.78, 5) is 25.3. The number of aryl methyl sites for hydroxylation is 2. The molecule has 0 radical (unpaired) electrons. The lowest BCUT2D eigenvalue weighted by atomic mass is 9.91. The van der Waals surface area contributed by atoms with Gasteiger partial charge in [0.05, 0.1) is 12.1 Å². The zero-order valence-corrected chi connectivity index (χ0v) is 23.4. The van der Waals surface area contributed by atoms with E-state index in [1.54, 1.807) is 36.0 Å². The molecule has 0 bridgehead atoms. The topological polar surface area (TPSA) is 90.9 Å². The summed E-state index contributed by atoms with van der Waals surface area (Å²) < 4.78 is 41.7. The molecule has 5 rings (SSSR count). The van der Waals surface area contributed by atoms with E-state index in [0.717, 1.165) is 41.8 Å². The number of fused-ring (bicyclic) bond motifs is 1. The number of aliphatic carboxylic acids is 1. The fourth-order valence-corrected chi connectivity index (χ4v) is 6.03. The highest BCUT2D eigenvalue weighted by Gasteiger charge is 2.31. The predicted octanol–water partition coefficient (Wildman–Crippen LogP) is 6.29. The Labute approximate surface area is 245 Å². The third-order valence-electron chi connectivity index (χ3n) is 7.13. The van der Waals surface area contributed by atoms with Crippen molar-refractivity contribution in [3.05, 3.63) is 100.0 Å². The third-order valence-corrected chi connectivity index (χ3v) is 8.13. The molecular formula is C31H30F3N3O4S. The van der Waals surface area contributed by atoms with Gasteiger partial charge < -0.3 is 25.4 Å². The first-order chi connectivity index (χ1) is 20.1. The van der Waals surface area contributed by atoms with Gasteiger partial charge in [-0.2, -0.15) is 0 Å². The maximum Gasteiger partial charge on any atom is 0.573 e. The summed E-state index contributed by atoms with van der Waals surface area (Å²) >= 11 is 1.57. The monoisotopic (exact) mass is 597 g/mol. The van der Waals surface area contributed by atoms with Crippen molar-refractivity contribution in [2.24, 2.45) is 0 Å². The normalized spacial score (nSPS) is 16.2. The van der Waals surface area contributed by atoms with Crippen LogP contribution in [0, 0.1) is 0 Å². The zero-order chi connectivity index (χ0) is 29.7. The summed E-state index contributed by atoms with van der Waals surface area (Å²) in [5, 5.41) is 16.9. The Morgan fingerprint density at radius 3 is 2.40 bits per heavy atom. The van der Waals surface area contributed by atoms with E-state index in [9.17, 15) is 22.8 Å². The lowest BCUT2D eigenvalue weighted by Crippen LogP contribution is -2.40. The number of nitrogens with zero attached hydrogens (tertiary/aromatic N) is 1. The molecule has 3 aromatic rings. The van der Waals surface area contributed by atoms with Gasteiger partial charge >= 0.3 is 12.3 Å². The Morgan fingerprint density at radius 2 is 1.71 bits per heavy atom. The number of carboxylic acids is 1. The van der Waals surface area contributed by atoms with E-state index in [1.807, 2.05) is 17.5 Å². The molecule has 1 amide bonds. The first kappa shape index (κ1) is 29.4. The Morgan fingerprint density at radius 1 is 1.00 bits per heavy atom. The second-order valence-corrected chi connectivity index (χ2v) is 11.1. The molecule has 0 fully saturated rings. The van der Waals surface area contributed by atoms with Gasteiger partial charge in [0.25, 0.3) is 5.91 Å². The summed E-state index contributed by atoms with van der Waals surface area (Å²) in [6.07, 6.45) is -0.446. The van der Waals surface area contributed by atoms with Crippen molar-refractivity contribution < 1.29 is 32.6 Å². The number of rotatable bonds is 10. The molecule has 42 heavy (non-hydrogen) atoms. The number of carbonyl (C=O) groups excluding carboxylic acids is 1. The molecule has 1 aliphatic heterocycles. The summed E-state index contributed by atoms with van der Waals surface area (Å²) in [5.74, 6) is -1.58. The minimum absolute atomic E-state index is 0.0556. The van der Waals surface area contributed by atoms with Crippen molar-refractivity contribution in [3.63, 3.8) is 0 Å². The maximum absolute atomic E-state index is 12.6. The predicted molar refractivity (Wildman–Crippen MR) is 156 cm³/mol. The standard InChI is InChI=1S/C31H30F3N3O4S/c32-31(33,34)41-26-13-10-22(11-14-26)27-19-42-30(36-27)37(25-12-9-21-3-1-2-4-24(21)17-25)18-20-5-7-23(8-6-20)29(40)35-16-15-28(38)39/h5-14,17,19,30,36H,1-4,15-16,18H2,(H,35,40)(H,38,39). The van der Waals surface area contributed by atoms with Gasteiger partial charge in [-0.25, -0.2) is 0 Å². The highest BCUT2D eigenvalue weighted by atomic mass is 32.2. The number of hydrogen-bond donors (Lipinski definition) is 3. The van der Waals surface area contributed by atoms with Crippen LogP contribution in [0.1, 0.15) is 51.9 Å². The van der Waals surface area contributed by atoms with Gasteiger partial charge in [-0.3, -0.25) is 9.59 Å². The maximum atomic E-state index is 12.6. The van der Waals surface area contributed by atoms with E-state index in [1.165, 1.54) is 29.7 Å². The number of nitrogens with one attached hydrogen (secondary N) is 2. The first-order valence-corrected chi connectivity index (χ1v) is 14.5. The largest absolute Gasteiger partial charge is 0.573 e. The van der Waals surface area contributed by atoms with Crippen LogP contribution in [0.5, 0.6) is 5.75 Å². The number of halogens is 3. The summed E-state index contributed by atoms with van der Waals surface area (Å²) in [5.41, 5.74) is 6.51. The number of ether oxygens (including phenoxy) is 1. The van der Waals surface area contributed by atoms with Crippen LogP contribution in [0.4, 0.5) is 18.9 Å². The molecule has 220 valence electrons.